The first kappa shape index (κ1) is 16.5. The fourth-order valence-electron chi connectivity index (χ4n) is 2.62. The minimum absolute atomic E-state index is 0.487. The van der Waals surface area contributed by atoms with Crippen molar-refractivity contribution in [2.75, 3.05) is 13.7 Å². The molecule has 2 heterocycles. The van der Waals surface area contributed by atoms with Gasteiger partial charge in [-0.1, -0.05) is 12.1 Å². The highest BCUT2D eigenvalue weighted by Crippen LogP contribution is 2.31. The van der Waals surface area contributed by atoms with Crippen molar-refractivity contribution in [1.29, 1.82) is 0 Å². The Labute approximate surface area is 154 Å². The summed E-state index contributed by atoms with van der Waals surface area (Å²) in [6.45, 7) is 3.00. The van der Waals surface area contributed by atoms with E-state index in [2.05, 4.69) is 26.5 Å². The molecule has 132 valence electrons. The zero-order valence-corrected chi connectivity index (χ0v) is 15.2. The lowest BCUT2D eigenvalue weighted by Crippen LogP contribution is -2.03. The minimum atomic E-state index is 0.487. The molecule has 0 radical (unpaired) electrons. The van der Waals surface area contributed by atoms with E-state index in [0.29, 0.717) is 30.5 Å². The van der Waals surface area contributed by atoms with Gasteiger partial charge in [0.05, 0.1) is 23.9 Å². The fourth-order valence-corrected chi connectivity index (χ4v) is 3.56. The Balaban J connectivity index is 1.57. The van der Waals surface area contributed by atoms with Crippen LogP contribution in [0.5, 0.6) is 11.5 Å². The van der Waals surface area contributed by atoms with Crippen molar-refractivity contribution in [1.82, 2.24) is 25.2 Å². The van der Waals surface area contributed by atoms with Crippen molar-refractivity contribution in [3.8, 4) is 22.9 Å². The van der Waals surface area contributed by atoms with E-state index in [4.69, 9.17) is 9.47 Å². The van der Waals surface area contributed by atoms with Crippen LogP contribution in [0.4, 0.5) is 0 Å². The molecule has 0 fully saturated rings. The summed E-state index contributed by atoms with van der Waals surface area (Å²) in [7, 11) is 1.61. The van der Waals surface area contributed by atoms with E-state index in [1.807, 2.05) is 43.3 Å². The summed E-state index contributed by atoms with van der Waals surface area (Å²) < 4.78 is 12.1. The van der Waals surface area contributed by atoms with Crippen molar-refractivity contribution < 1.29 is 9.47 Å². The third-order valence-electron chi connectivity index (χ3n) is 3.79. The number of para-hydroxylation sites is 1. The number of aromatic nitrogens is 5. The van der Waals surface area contributed by atoms with Gasteiger partial charge >= 0.3 is 0 Å². The number of hydrogen-bond acceptors (Lipinski definition) is 7. The van der Waals surface area contributed by atoms with Crippen LogP contribution < -0.4 is 9.47 Å². The smallest absolute Gasteiger partial charge is 0.205 e. The SMILES string of the molecule is CCOc1ccc(-c2nnn(Cc3nc4ccccc4s3)n2)cc1OC. The number of thiazole rings is 1. The molecule has 0 spiro atoms. The van der Waals surface area contributed by atoms with Gasteiger partial charge in [-0.15, -0.1) is 21.5 Å². The molecule has 2 aromatic heterocycles. The molecule has 0 aliphatic carbocycles. The van der Waals surface area contributed by atoms with Crippen LogP contribution in [0.3, 0.4) is 0 Å². The van der Waals surface area contributed by atoms with E-state index in [-0.39, 0.29) is 0 Å². The molecule has 0 aliphatic rings. The molecule has 0 unspecified atom stereocenters. The number of methoxy groups -OCH3 is 1. The molecular formula is C18H17N5O2S. The van der Waals surface area contributed by atoms with Gasteiger partial charge in [0.25, 0.3) is 0 Å². The van der Waals surface area contributed by atoms with Gasteiger partial charge in [-0.25, -0.2) is 4.98 Å². The van der Waals surface area contributed by atoms with Crippen LogP contribution in [0.1, 0.15) is 11.9 Å². The summed E-state index contributed by atoms with van der Waals surface area (Å²) in [6.07, 6.45) is 0. The van der Waals surface area contributed by atoms with E-state index < -0.39 is 0 Å². The zero-order chi connectivity index (χ0) is 17.9. The zero-order valence-electron chi connectivity index (χ0n) is 14.4. The average molecular weight is 367 g/mol. The molecular weight excluding hydrogens is 350 g/mol. The molecule has 7 nitrogen and oxygen atoms in total. The van der Waals surface area contributed by atoms with Crippen molar-refractivity contribution in [2.45, 2.75) is 13.5 Å². The second-order valence-electron chi connectivity index (χ2n) is 5.52. The van der Waals surface area contributed by atoms with Crippen molar-refractivity contribution >= 4 is 21.6 Å². The fraction of sp³-hybridized carbons (Fsp3) is 0.222. The molecule has 0 aliphatic heterocycles. The Morgan fingerprint density at radius 1 is 1.12 bits per heavy atom. The quantitative estimate of drug-likeness (QED) is 0.520. The summed E-state index contributed by atoms with van der Waals surface area (Å²) in [5.41, 5.74) is 1.81. The third kappa shape index (κ3) is 3.23. The largest absolute Gasteiger partial charge is 0.493 e. The summed E-state index contributed by atoms with van der Waals surface area (Å²) in [4.78, 5) is 6.15. The van der Waals surface area contributed by atoms with E-state index >= 15 is 0 Å². The van der Waals surface area contributed by atoms with Gasteiger partial charge in [0, 0.05) is 5.56 Å². The highest BCUT2D eigenvalue weighted by Gasteiger charge is 2.12. The highest BCUT2D eigenvalue weighted by atomic mass is 32.1. The van der Waals surface area contributed by atoms with Gasteiger partial charge in [0.2, 0.25) is 5.82 Å². The molecule has 2 aromatic carbocycles. The number of ether oxygens (including phenoxy) is 2. The van der Waals surface area contributed by atoms with Crippen LogP contribution in [0.15, 0.2) is 42.5 Å². The van der Waals surface area contributed by atoms with Crippen LogP contribution in [-0.2, 0) is 6.54 Å². The number of rotatable bonds is 6. The van der Waals surface area contributed by atoms with Crippen LogP contribution in [0.2, 0.25) is 0 Å². The first-order chi connectivity index (χ1) is 12.8. The van der Waals surface area contributed by atoms with Crippen molar-refractivity contribution in [3.05, 3.63) is 47.5 Å². The molecule has 26 heavy (non-hydrogen) atoms. The molecule has 0 bridgehead atoms. The number of benzene rings is 2. The standard InChI is InChI=1S/C18H17N5O2S/c1-3-25-14-9-8-12(10-15(14)24-2)18-20-22-23(21-18)11-17-19-13-6-4-5-7-16(13)26-17/h4-10H,3,11H2,1-2H3. The number of hydrogen-bond donors (Lipinski definition) is 0. The second-order valence-corrected chi connectivity index (χ2v) is 6.63. The molecule has 4 rings (SSSR count). The van der Waals surface area contributed by atoms with Gasteiger partial charge in [-0.2, -0.15) is 4.80 Å². The molecule has 4 aromatic rings. The maximum absolute atomic E-state index is 5.54. The van der Waals surface area contributed by atoms with Crippen molar-refractivity contribution in [3.63, 3.8) is 0 Å². The molecule has 8 heteroatoms. The molecule has 0 saturated heterocycles. The topological polar surface area (TPSA) is 75.0 Å². The number of nitrogens with zero attached hydrogens (tertiary/aromatic N) is 5. The van der Waals surface area contributed by atoms with E-state index in [1.165, 1.54) is 0 Å². The number of fused-ring (bicyclic) bond motifs is 1. The predicted octanol–water partition coefficient (Wildman–Crippen LogP) is 3.41. The van der Waals surface area contributed by atoms with Crippen LogP contribution >= 0.6 is 11.3 Å². The predicted molar refractivity (Wildman–Crippen MR) is 99.7 cm³/mol. The van der Waals surface area contributed by atoms with Crippen LogP contribution in [0, 0.1) is 0 Å². The maximum atomic E-state index is 5.54. The van der Waals surface area contributed by atoms with Gasteiger partial charge in [-0.05, 0) is 42.5 Å². The normalized spacial score (nSPS) is 11.0. The van der Waals surface area contributed by atoms with E-state index in [1.54, 1.807) is 23.2 Å². The monoisotopic (exact) mass is 367 g/mol. The Morgan fingerprint density at radius 2 is 2.00 bits per heavy atom. The summed E-state index contributed by atoms with van der Waals surface area (Å²) in [5, 5.41) is 13.7. The van der Waals surface area contributed by atoms with Crippen molar-refractivity contribution in [2.24, 2.45) is 0 Å². The Morgan fingerprint density at radius 3 is 2.81 bits per heavy atom. The molecule has 0 amide bonds. The van der Waals surface area contributed by atoms with Gasteiger partial charge in [0.15, 0.2) is 11.5 Å². The minimum Gasteiger partial charge on any atom is -0.493 e. The third-order valence-corrected chi connectivity index (χ3v) is 4.81. The first-order valence-corrected chi connectivity index (χ1v) is 9.02. The lowest BCUT2D eigenvalue weighted by atomic mass is 10.2. The lowest BCUT2D eigenvalue weighted by molar-refractivity contribution is 0.311. The van der Waals surface area contributed by atoms with E-state index in [0.717, 1.165) is 20.8 Å². The molecule has 0 saturated carbocycles. The van der Waals surface area contributed by atoms with Gasteiger partial charge in [-0.3, -0.25) is 0 Å². The highest BCUT2D eigenvalue weighted by molar-refractivity contribution is 7.18. The summed E-state index contributed by atoms with van der Waals surface area (Å²) >= 11 is 1.63. The lowest BCUT2D eigenvalue weighted by Gasteiger charge is -2.09. The second kappa shape index (κ2) is 7.09. The van der Waals surface area contributed by atoms with Gasteiger partial charge in [0.1, 0.15) is 11.6 Å². The summed E-state index contributed by atoms with van der Waals surface area (Å²) in [5.74, 6) is 1.87. The number of tetrazole rings is 1. The molecule has 0 N–H and O–H groups in total. The van der Waals surface area contributed by atoms with Gasteiger partial charge < -0.3 is 9.47 Å². The Hall–Kier alpha value is -3.00. The van der Waals surface area contributed by atoms with Crippen LogP contribution in [-0.4, -0.2) is 38.9 Å². The summed E-state index contributed by atoms with van der Waals surface area (Å²) in [6, 6.07) is 13.7. The molecule has 0 atom stereocenters. The van der Waals surface area contributed by atoms with E-state index in [9.17, 15) is 0 Å². The Bertz CT molecular complexity index is 1010. The van der Waals surface area contributed by atoms with Crippen LogP contribution in [0.25, 0.3) is 21.6 Å². The first-order valence-electron chi connectivity index (χ1n) is 8.20. The average Bonchev–Trinajstić information content (AvgIpc) is 3.29. The maximum Gasteiger partial charge on any atom is 0.205 e. The Kier molecular flexibility index (Phi) is 4.49.